The van der Waals surface area contributed by atoms with E-state index in [1.807, 2.05) is 4.90 Å². The van der Waals surface area contributed by atoms with Gasteiger partial charge in [0.2, 0.25) is 15.9 Å². The molecule has 4 aliphatic rings. The molecule has 0 radical (unpaired) electrons. The minimum atomic E-state index is -3.21. The number of carbonyl (C=O) groups is 1. The van der Waals surface area contributed by atoms with Crippen molar-refractivity contribution in [3.8, 4) is 0 Å². The normalized spacial score (nSPS) is 29.1. The largest absolute Gasteiger partial charge is 0.324 e. The molecule has 1 saturated carbocycles. The van der Waals surface area contributed by atoms with Gasteiger partial charge in [-0.3, -0.25) is 15.8 Å². The number of rotatable bonds is 5. The van der Waals surface area contributed by atoms with Gasteiger partial charge in [0.25, 0.3) is 5.91 Å². The first-order valence-corrected chi connectivity index (χ1v) is 12.0. The molecule has 166 valence electrons. The number of amidine groups is 1. The van der Waals surface area contributed by atoms with Crippen molar-refractivity contribution in [2.24, 2.45) is 21.6 Å². The first kappa shape index (κ1) is 21.2. The number of hydrogen-bond donors (Lipinski definition) is 5. The first-order chi connectivity index (χ1) is 14.2. The lowest BCUT2D eigenvalue weighted by Gasteiger charge is -2.41. The summed E-state index contributed by atoms with van der Waals surface area (Å²) in [5.41, 5.74) is 9.11. The number of carbonyl (C=O) groups excluding carboxylic acids is 1. The topological polar surface area (TPSA) is 171 Å². The maximum absolute atomic E-state index is 12.8. The number of amides is 1. The van der Waals surface area contributed by atoms with Crippen LogP contribution in [0.15, 0.2) is 22.0 Å². The summed E-state index contributed by atoms with van der Waals surface area (Å²) in [7, 11) is -3.21. The highest BCUT2D eigenvalue weighted by molar-refractivity contribution is 7.88. The molecule has 1 aliphatic carbocycles. The number of nitrogens with two attached hydrogens (primary N) is 2. The Hall–Kier alpha value is -2.06. The fourth-order valence-corrected chi connectivity index (χ4v) is 5.32. The summed E-state index contributed by atoms with van der Waals surface area (Å²) in [5.74, 6) is 4.42. The second-order valence-corrected chi connectivity index (χ2v) is 10.2. The minimum Gasteiger partial charge on any atom is -0.324 e. The zero-order valence-corrected chi connectivity index (χ0v) is 17.8. The van der Waals surface area contributed by atoms with E-state index in [0.717, 1.165) is 25.7 Å². The lowest BCUT2D eigenvalue weighted by molar-refractivity contribution is -0.117. The number of hydrazine groups is 1. The highest BCUT2D eigenvalue weighted by Crippen LogP contribution is 2.28. The van der Waals surface area contributed by atoms with Crippen LogP contribution in [0.25, 0.3) is 0 Å². The van der Waals surface area contributed by atoms with Crippen LogP contribution in [-0.4, -0.2) is 72.4 Å². The van der Waals surface area contributed by atoms with Crippen LogP contribution in [0, 0.1) is 0 Å². The van der Waals surface area contributed by atoms with Crippen LogP contribution in [-0.2, 0) is 14.8 Å². The monoisotopic (exact) mass is 439 g/mol. The quantitative estimate of drug-likeness (QED) is 0.187. The fourth-order valence-electron chi connectivity index (χ4n) is 4.45. The molecule has 13 heteroatoms. The van der Waals surface area contributed by atoms with Gasteiger partial charge in [-0.15, -0.1) is 0 Å². The number of aliphatic imine (C=N–C) groups is 2. The van der Waals surface area contributed by atoms with E-state index in [-0.39, 0.29) is 17.8 Å². The lowest BCUT2D eigenvalue weighted by Crippen LogP contribution is -2.72. The van der Waals surface area contributed by atoms with E-state index in [1.165, 1.54) is 10.6 Å². The zero-order chi connectivity index (χ0) is 21.5. The molecule has 12 nitrogen and oxygen atoms in total. The number of piperidine rings is 1. The Bertz CT molecular complexity index is 901. The van der Waals surface area contributed by atoms with Gasteiger partial charge in [0.05, 0.1) is 6.26 Å². The van der Waals surface area contributed by atoms with Gasteiger partial charge < -0.3 is 15.6 Å². The molecule has 3 aliphatic heterocycles. The SMILES string of the molecule is CS(=O)(=O)N1CCC(NC2(N)N=C3C(=NC(NN)=CN3C3CCCC3)C(=O)N2)CC1. The molecule has 0 aromatic heterocycles. The van der Waals surface area contributed by atoms with Crippen molar-refractivity contribution in [1.29, 1.82) is 0 Å². The smallest absolute Gasteiger partial charge is 0.277 e. The van der Waals surface area contributed by atoms with Crippen LogP contribution in [0.5, 0.6) is 0 Å². The van der Waals surface area contributed by atoms with Gasteiger partial charge in [-0.2, -0.15) is 0 Å². The third-order valence-electron chi connectivity index (χ3n) is 5.96. The molecule has 4 rings (SSSR count). The number of fused-ring (bicyclic) bond motifs is 1. The van der Waals surface area contributed by atoms with Crippen molar-refractivity contribution in [3.63, 3.8) is 0 Å². The van der Waals surface area contributed by atoms with Gasteiger partial charge >= 0.3 is 0 Å². The summed E-state index contributed by atoms with van der Waals surface area (Å²) >= 11 is 0. The molecule has 2 fully saturated rings. The maximum atomic E-state index is 12.8. The summed E-state index contributed by atoms with van der Waals surface area (Å²) in [6, 6.07) is 0.113. The third-order valence-corrected chi connectivity index (χ3v) is 7.27. The summed E-state index contributed by atoms with van der Waals surface area (Å²) in [5, 5.41) is 5.89. The molecule has 0 bridgehead atoms. The molecular weight excluding hydrogens is 410 g/mol. The Morgan fingerprint density at radius 1 is 1.23 bits per heavy atom. The summed E-state index contributed by atoms with van der Waals surface area (Å²) in [4.78, 5) is 23.7. The van der Waals surface area contributed by atoms with Crippen molar-refractivity contribution in [2.45, 2.75) is 56.5 Å². The summed E-state index contributed by atoms with van der Waals surface area (Å²) in [6.45, 7) is 0.790. The Labute approximate surface area is 175 Å². The minimum absolute atomic E-state index is 0.0866. The molecule has 1 amide bonds. The molecule has 7 N–H and O–H groups in total. The van der Waals surface area contributed by atoms with Crippen LogP contribution in [0.2, 0.25) is 0 Å². The van der Waals surface area contributed by atoms with Crippen LogP contribution in [0.1, 0.15) is 38.5 Å². The highest BCUT2D eigenvalue weighted by Gasteiger charge is 2.43. The van der Waals surface area contributed by atoms with Gasteiger partial charge in [-0.05, 0) is 25.7 Å². The van der Waals surface area contributed by atoms with Crippen molar-refractivity contribution in [3.05, 3.63) is 12.0 Å². The zero-order valence-electron chi connectivity index (χ0n) is 17.0. The highest BCUT2D eigenvalue weighted by atomic mass is 32.2. The third kappa shape index (κ3) is 4.21. The summed E-state index contributed by atoms with van der Waals surface area (Å²) < 4.78 is 24.9. The van der Waals surface area contributed by atoms with Crippen molar-refractivity contribution in [2.75, 3.05) is 19.3 Å². The van der Waals surface area contributed by atoms with Gasteiger partial charge in [-0.1, -0.05) is 12.8 Å². The number of hydrogen-bond acceptors (Lipinski definition) is 10. The van der Waals surface area contributed by atoms with E-state index >= 15 is 0 Å². The predicted octanol–water partition coefficient (Wildman–Crippen LogP) is -1.94. The van der Waals surface area contributed by atoms with Gasteiger partial charge in [0.15, 0.2) is 17.4 Å². The Morgan fingerprint density at radius 2 is 1.90 bits per heavy atom. The number of nitrogens with one attached hydrogen (secondary N) is 3. The molecular formula is C17H29N9O3S. The molecule has 0 aromatic rings. The van der Waals surface area contributed by atoms with Crippen molar-refractivity contribution < 1.29 is 13.2 Å². The van der Waals surface area contributed by atoms with E-state index in [2.05, 4.69) is 26.0 Å². The maximum Gasteiger partial charge on any atom is 0.277 e. The molecule has 30 heavy (non-hydrogen) atoms. The lowest BCUT2D eigenvalue weighted by atomic mass is 10.1. The Morgan fingerprint density at radius 3 is 2.50 bits per heavy atom. The predicted molar refractivity (Wildman–Crippen MR) is 112 cm³/mol. The van der Waals surface area contributed by atoms with Gasteiger partial charge in [0, 0.05) is 31.4 Å². The average Bonchev–Trinajstić information content (AvgIpc) is 3.21. The van der Waals surface area contributed by atoms with E-state index < -0.39 is 21.8 Å². The van der Waals surface area contributed by atoms with Crippen LogP contribution >= 0.6 is 0 Å². The molecule has 1 saturated heterocycles. The second kappa shape index (κ2) is 7.89. The second-order valence-electron chi connectivity index (χ2n) is 8.20. The van der Waals surface area contributed by atoms with Crippen LogP contribution < -0.4 is 27.6 Å². The molecule has 1 unspecified atom stereocenters. The molecule has 0 aromatic carbocycles. The number of sulfonamides is 1. The molecule has 1 atom stereocenters. The van der Waals surface area contributed by atoms with Gasteiger partial charge in [0.1, 0.15) is 0 Å². The van der Waals surface area contributed by atoms with E-state index in [4.69, 9.17) is 11.6 Å². The number of nitrogens with zero attached hydrogens (tertiary/aromatic N) is 4. The van der Waals surface area contributed by atoms with Crippen molar-refractivity contribution in [1.82, 2.24) is 25.3 Å². The van der Waals surface area contributed by atoms with Crippen molar-refractivity contribution >= 4 is 27.5 Å². The Kier molecular flexibility index (Phi) is 5.57. The first-order valence-electron chi connectivity index (χ1n) is 10.2. The van der Waals surface area contributed by atoms with E-state index in [0.29, 0.717) is 37.6 Å². The molecule has 0 spiro atoms. The van der Waals surface area contributed by atoms with Crippen LogP contribution in [0.4, 0.5) is 0 Å². The van der Waals surface area contributed by atoms with E-state index in [9.17, 15) is 13.2 Å². The Balaban J connectivity index is 1.55. The summed E-state index contributed by atoms with van der Waals surface area (Å²) in [6.07, 6.45) is 8.30. The van der Waals surface area contributed by atoms with Gasteiger partial charge in [-0.25, -0.2) is 28.6 Å². The standard InChI is InChI=1S/C17H29N9O3S/c1-30(28,29)25-8-6-11(7-9-25)21-17(18)22-15-14(16(27)23-17)20-13(24-19)10-26(15)12-4-2-3-5-12/h10-12,21,24H,2-9,18-19H2,1H3,(H,23,27). The fraction of sp³-hybridized carbons (Fsp3) is 0.706. The van der Waals surface area contributed by atoms with E-state index in [1.54, 1.807) is 6.20 Å². The molecule has 3 heterocycles. The van der Waals surface area contributed by atoms with Crippen LogP contribution in [0.3, 0.4) is 0 Å². The average molecular weight is 440 g/mol.